The lowest BCUT2D eigenvalue weighted by molar-refractivity contribution is 0.0950. The fourth-order valence-electron chi connectivity index (χ4n) is 2.45. The van der Waals surface area contributed by atoms with Crippen LogP contribution in [0.5, 0.6) is 0 Å². The lowest BCUT2D eigenvalue weighted by Gasteiger charge is -2.22. The van der Waals surface area contributed by atoms with Crippen molar-refractivity contribution in [1.82, 2.24) is 10.6 Å². The lowest BCUT2D eigenvalue weighted by atomic mass is 9.96. The monoisotopic (exact) mass is 264 g/mol. The highest BCUT2D eigenvalue weighted by molar-refractivity contribution is 5.94. The Morgan fingerprint density at radius 1 is 1.53 bits per heavy atom. The molecule has 1 fully saturated rings. The summed E-state index contributed by atoms with van der Waals surface area (Å²) >= 11 is 0. The molecule has 19 heavy (non-hydrogen) atoms. The number of carbonyl (C=O) groups is 1. The van der Waals surface area contributed by atoms with Gasteiger partial charge < -0.3 is 10.6 Å². The summed E-state index contributed by atoms with van der Waals surface area (Å²) in [7, 11) is 0. The standard InChI is InChI=1S/C15H21FN2O/c1-11-9-13(4-5-14(11)16)15(19)18-8-6-12-3-2-7-17-10-12/h4-5,9,12,17H,2-3,6-8,10H2,1H3,(H,18,19)/t12-/m1/s1. The predicted octanol–water partition coefficient (Wildman–Crippen LogP) is 2.25. The fraction of sp³-hybridized carbons (Fsp3) is 0.533. The molecule has 0 unspecified atom stereocenters. The maximum absolute atomic E-state index is 13.1. The molecule has 2 rings (SSSR count). The van der Waals surface area contributed by atoms with Crippen LogP contribution in [-0.2, 0) is 0 Å². The highest BCUT2D eigenvalue weighted by Crippen LogP contribution is 2.13. The zero-order valence-electron chi connectivity index (χ0n) is 11.3. The molecule has 0 saturated carbocycles. The largest absolute Gasteiger partial charge is 0.352 e. The minimum atomic E-state index is -0.273. The second kappa shape index (κ2) is 6.66. The molecule has 1 amide bonds. The zero-order chi connectivity index (χ0) is 13.7. The zero-order valence-corrected chi connectivity index (χ0v) is 11.3. The van der Waals surface area contributed by atoms with Gasteiger partial charge in [-0.3, -0.25) is 4.79 Å². The first-order valence-electron chi connectivity index (χ1n) is 6.92. The van der Waals surface area contributed by atoms with Crippen molar-refractivity contribution in [1.29, 1.82) is 0 Å². The summed E-state index contributed by atoms with van der Waals surface area (Å²) in [6.45, 7) is 4.50. The van der Waals surface area contributed by atoms with Gasteiger partial charge in [0.1, 0.15) is 5.82 Å². The fourth-order valence-corrected chi connectivity index (χ4v) is 2.45. The van der Waals surface area contributed by atoms with E-state index in [1.165, 1.54) is 25.0 Å². The Bertz CT molecular complexity index is 442. The summed E-state index contributed by atoms with van der Waals surface area (Å²) in [4.78, 5) is 11.9. The summed E-state index contributed by atoms with van der Waals surface area (Å²) < 4.78 is 13.1. The van der Waals surface area contributed by atoms with Crippen LogP contribution in [0.1, 0.15) is 35.2 Å². The van der Waals surface area contributed by atoms with Crippen molar-refractivity contribution in [3.63, 3.8) is 0 Å². The first-order valence-corrected chi connectivity index (χ1v) is 6.92. The highest BCUT2D eigenvalue weighted by Gasteiger charge is 2.13. The van der Waals surface area contributed by atoms with Crippen molar-refractivity contribution >= 4 is 5.91 Å². The molecule has 0 radical (unpaired) electrons. The van der Waals surface area contributed by atoms with E-state index in [1.807, 2.05) is 0 Å². The van der Waals surface area contributed by atoms with Gasteiger partial charge in [0.15, 0.2) is 0 Å². The molecule has 2 N–H and O–H groups in total. The number of hydrogen-bond acceptors (Lipinski definition) is 2. The smallest absolute Gasteiger partial charge is 0.251 e. The Kier molecular flexibility index (Phi) is 4.91. The normalized spacial score (nSPS) is 19.2. The Morgan fingerprint density at radius 2 is 2.37 bits per heavy atom. The quantitative estimate of drug-likeness (QED) is 0.875. The van der Waals surface area contributed by atoms with E-state index in [4.69, 9.17) is 0 Å². The second-order valence-electron chi connectivity index (χ2n) is 5.22. The van der Waals surface area contributed by atoms with Crippen LogP contribution in [-0.4, -0.2) is 25.5 Å². The molecular weight excluding hydrogens is 243 g/mol. The van der Waals surface area contributed by atoms with Gasteiger partial charge in [-0.1, -0.05) is 0 Å². The third kappa shape index (κ3) is 4.03. The molecule has 1 aromatic carbocycles. The van der Waals surface area contributed by atoms with E-state index in [1.54, 1.807) is 13.0 Å². The van der Waals surface area contributed by atoms with Crippen LogP contribution in [0.2, 0.25) is 0 Å². The summed E-state index contributed by atoms with van der Waals surface area (Å²) in [6.07, 6.45) is 3.45. The second-order valence-corrected chi connectivity index (χ2v) is 5.22. The van der Waals surface area contributed by atoms with E-state index in [2.05, 4.69) is 10.6 Å². The predicted molar refractivity (Wildman–Crippen MR) is 73.7 cm³/mol. The van der Waals surface area contributed by atoms with E-state index in [0.29, 0.717) is 23.6 Å². The summed E-state index contributed by atoms with van der Waals surface area (Å²) in [6, 6.07) is 4.46. The molecule has 1 saturated heterocycles. The number of benzene rings is 1. The number of aryl methyl sites for hydroxylation is 1. The van der Waals surface area contributed by atoms with E-state index < -0.39 is 0 Å². The third-order valence-electron chi connectivity index (χ3n) is 3.66. The molecule has 104 valence electrons. The van der Waals surface area contributed by atoms with Crippen molar-refractivity contribution in [2.75, 3.05) is 19.6 Å². The molecule has 1 heterocycles. The third-order valence-corrected chi connectivity index (χ3v) is 3.66. The molecule has 1 atom stereocenters. The van der Waals surface area contributed by atoms with Crippen molar-refractivity contribution in [3.05, 3.63) is 35.1 Å². The van der Waals surface area contributed by atoms with Crippen molar-refractivity contribution < 1.29 is 9.18 Å². The molecule has 1 aromatic rings. The van der Waals surface area contributed by atoms with Crippen LogP contribution >= 0.6 is 0 Å². The van der Waals surface area contributed by atoms with Gasteiger partial charge >= 0.3 is 0 Å². The SMILES string of the molecule is Cc1cc(C(=O)NCC[C@H]2CCCNC2)ccc1F. The van der Waals surface area contributed by atoms with E-state index in [9.17, 15) is 9.18 Å². The molecular formula is C15H21FN2O. The number of halogens is 1. The van der Waals surface area contributed by atoms with Gasteiger partial charge in [0.05, 0.1) is 0 Å². The molecule has 4 heteroatoms. The molecule has 0 spiro atoms. The number of piperidine rings is 1. The minimum absolute atomic E-state index is 0.119. The van der Waals surface area contributed by atoms with Gasteiger partial charge in [0, 0.05) is 12.1 Å². The molecule has 3 nitrogen and oxygen atoms in total. The van der Waals surface area contributed by atoms with Gasteiger partial charge in [0.25, 0.3) is 5.91 Å². The molecule has 0 aliphatic carbocycles. The van der Waals surface area contributed by atoms with Crippen LogP contribution in [0.4, 0.5) is 4.39 Å². The molecule has 0 aromatic heterocycles. The number of nitrogens with one attached hydrogen (secondary N) is 2. The summed E-state index contributed by atoms with van der Waals surface area (Å²) in [5.74, 6) is 0.265. The van der Waals surface area contributed by atoms with Crippen molar-refractivity contribution in [2.45, 2.75) is 26.2 Å². The van der Waals surface area contributed by atoms with Crippen LogP contribution in [0.3, 0.4) is 0 Å². The van der Waals surface area contributed by atoms with E-state index >= 15 is 0 Å². The Labute approximate surface area is 113 Å². The average molecular weight is 264 g/mol. The Hall–Kier alpha value is -1.42. The van der Waals surface area contributed by atoms with Gasteiger partial charge in [-0.2, -0.15) is 0 Å². The Balaban J connectivity index is 1.78. The number of carbonyl (C=O) groups excluding carboxylic acids is 1. The summed E-state index contributed by atoms with van der Waals surface area (Å²) in [5.41, 5.74) is 1.03. The first-order chi connectivity index (χ1) is 9.16. The average Bonchev–Trinajstić information content (AvgIpc) is 2.43. The van der Waals surface area contributed by atoms with Gasteiger partial charge in [-0.05, 0) is 69.0 Å². The highest BCUT2D eigenvalue weighted by atomic mass is 19.1. The van der Waals surface area contributed by atoms with Crippen LogP contribution in [0, 0.1) is 18.7 Å². The van der Waals surface area contributed by atoms with Crippen LogP contribution in [0.15, 0.2) is 18.2 Å². The maximum atomic E-state index is 13.1. The van der Waals surface area contributed by atoms with Crippen molar-refractivity contribution in [2.24, 2.45) is 5.92 Å². The number of hydrogen-bond donors (Lipinski definition) is 2. The Morgan fingerprint density at radius 3 is 3.05 bits per heavy atom. The minimum Gasteiger partial charge on any atom is -0.352 e. The topological polar surface area (TPSA) is 41.1 Å². The number of rotatable bonds is 4. The molecule has 0 bridgehead atoms. The van der Waals surface area contributed by atoms with Crippen LogP contribution < -0.4 is 10.6 Å². The molecule has 1 aliphatic heterocycles. The van der Waals surface area contributed by atoms with Gasteiger partial charge in [-0.15, -0.1) is 0 Å². The first kappa shape index (κ1) is 14.0. The van der Waals surface area contributed by atoms with E-state index in [-0.39, 0.29) is 11.7 Å². The lowest BCUT2D eigenvalue weighted by Crippen LogP contribution is -2.33. The molecule has 1 aliphatic rings. The van der Waals surface area contributed by atoms with Crippen molar-refractivity contribution in [3.8, 4) is 0 Å². The van der Waals surface area contributed by atoms with Gasteiger partial charge in [-0.25, -0.2) is 4.39 Å². The van der Waals surface area contributed by atoms with E-state index in [0.717, 1.165) is 19.5 Å². The van der Waals surface area contributed by atoms with Gasteiger partial charge in [0.2, 0.25) is 0 Å². The number of amides is 1. The maximum Gasteiger partial charge on any atom is 0.251 e. The van der Waals surface area contributed by atoms with Crippen LogP contribution in [0.25, 0.3) is 0 Å². The summed E-state index contributed by atoms with van der Waals surface area (Å²) in [5, 5.41) is 6.27.